The van der Waals surface area contributed by atoms with E-state index < -0.39 is 12.4 Å². The Balaban J connectivity index is 1.18. The maximum atomic E-state index is 13.9. The number of aliphatic imine (C=N–C) groups is 1. The average Bonchev–Trinajstić information content (AvgIpc) is 3.66. The number of hydrogen-bond donors (Lipinski definition) is 1. The van der Waals surface area contributed by atoms with E-state index in [0.29, 0.717) is 29.8 Å². The number of urea groups is 1. The molecule has 8 nitrogen and oxygen atoms in total. The summed E-state index contributed by atoms with van der Waals surface area (Å²) in [6, 6.07) is 17.2. The first kappa shape index (κ1) is 31.0. The molecule has 5 rings (SSSR count). The Morgan fingerprint density at radius 2 is 1.80 bits per heavy atom. The first-order valence-corrected chi connectivity index (χ1v) is 14.9. The van der Waals surface area contributed by atoms with E-state index in [0.717, 1.165) is 28.1 Å². The maximum Gasteiger partial charge on any atom is 0.573 e. The average molecular weight is 627 g/mol. The number of carbonyl (C=O) groups is 1. The van der Waals surface area contributed by atoms with Gasteiger partial charge in [0.05, 0.1) is 5.69 Å². The van der Waals surface area contributed by atoms with Gasteiger partial charge in [-0.3, -0.25) is 0 Å². The Morgan fingerprint density at radius 3 is 2.48 bits per heavy atom. The molecule has 1 aromatic heterocycles. The van der Waals surface area contributed by atoms with E-state index in [1.807, 2.05) is 49.9 Å². The lowest BCUT2D eigenvalue weighted by molar-refractivity contribution is -0.274. The van der Waals surface area contributed by atoms with Crippen LogP contribution in [-0.2, 0) is 0 Å². The molecule has 0 saturated carbocycles. The van der Waals surface area contributed by atoms with Gasteiger partial charge in [-0.2, -0.15) is 4.99 Å². The second kappa shape index (κ2) is 13.1. The molecule has 230 valence electrons. The lowest BCUT2D eigenvalue weighted by Gasteiger charge is -2.23. The second-order valence-corrected chi connectivity index (χ2v) is 11.6. The zero-order valence-corrected chi connectivity index (χ0v) is 25.0. The molecule has 1 aliphatic heterocycles. The fourth-order valence-corrected chi connectivity index (χ4v) is 5.67. The molecule has 1 N–H and O–H groups in total. The van der Waals surface area contributed by atoms with Gasteiger partial charge in [-0.15, -0.1) is 18.3 Å². The molecule has 0 spiro atoms. The van der Waals surface area contributed by atoms with Gasteiger partial charge in [0.1, 0.15) is 17.9 Å². The van der Waals surface area contributed by atoms with Gasteiger partial charge in [0, 0.05) is 30.1 Å². The van der Waals surface area contributed by atoms with Crippen LogP contribution in [0.3, 0.4) is 0 Å². The SMILES string of the molecule is CC(C)c1cc(F)ccc1N1CCSC1=NC(=O)NCC(C)c1ccc(-c2ncn(-c3ccc(OC(F)(F)F)cc3)n2)cc1. The number of thioether (sulfide) groups is 1. The molecule has 3 aromatic carbocycles. The van der Waals surface area contributed by atoms with Crippen LogP contribution in [0, 0.1) is 5.82 Å². The fourth-order valence-electron chi connectivity index (χ4n) is 4.72. The van der Waals surface area contributed by atoms with Crippen molar-refractivity contribution >= 4 is 28.6 Å². The topological polar surface area (TPSA) is 84.6 Å². The minimum absolute atomic E-state index is 0.00637. The number of nitrogens with one attached hydrogen (secondary N) is 1. The summed E-state index contributed by atoms with van der Waals surface area (Å²) in [6.07, 6.45) is -3.28. The van der Waals surface area contributed by atoms with E-state index in [2.05, 4.69) is 25.1 Å². The third-order valence-electron chi connectivity index (χ3n) is 7.00. The molecule has 0 radical (unpaired) electrons. The number of alkyl halides is 3. The zero-order chi connectivity index (χ0) is 31.4. The van der Waals surface area contributed by atoms with Crippen molar-refractivity contribution < 1.29 is 27.1 Å². The second-order valence-electron chi connectivity index (χ2n) is 10.5. The van der Waals surface area contributed by atoms with Gasteiger partial charge < -0.3 is 15.0 Å². The third kappa shape index (κ3) is 7.57. The highest BCUT2D eigenvalue weighted by molar-refractivity contribution is 8.14. The van der Waals surface area contributed by atoms with Crippen LogP contribution >= 0.6 is 11.8 Å². The Kier molecular flexibility index (Phi) is 9.23. The van der Waals surface area contributed by atoms with Crippen molar-refractivity contribution in [2.75, 3.05) is 23.7 Å². The van der Waals surface area contributed by atoms with E-state index in [4.69, 9.17) is 0 Å². The van der Waals surface area contributed by atoms with Crippen molar-refractivity contribution in [1.82, 2.24) is 20.1 Å². The third-order valence-corrected chi connectivity index (χ3v) is 7.96. The van der Waals surface area contributed by atoms with E-state index in [-0.39, 0.29) is 23.4 Å². The van der Waals surface area contributed by atoms with Gasteiger partial charge >= 0.3 is 12.4 Å². The summed E-state index contributed by atoms with van der Waals surface area (Å²) < 4.78 is 56.5. The molecule has 1 saturated heterocycles. The molecule has 0 aliphatic carbocycles. The number of aromatic nitrogens is 3. The van der Waals surface area contributed by atoms with Crippen LogP contribution in [-0.4, -0.2) is 51.2 Å². The number of rotatable bonds is 8. The van der Waals surface area contributed by atoms with Crippen LogP contribution in [0.25, 0.3) is 17.1 Å². The molecular formula is C31H30F4N6O2S. The van der Waals surface area contributed by atoms with Crippen LogP contribution in [0.4, 0.5) is 28.0 Å². The highest BCUT2D eigenvalue weighted by atomic mass is 32.2. The van der Waals surface area contributed by atoms with Crippen molar-refractivity contribution in [1.29, 1.82) is 0 Å². The highest BCUT2D eigenvalue weighted by Gasteiger charge is 2.31. The molecule has 0 bridgehead atoms. The summed E-state index contributed by atoms with van der Waals surface area (Å²) in [5, 5.41) is 7.90. The number of amides is 2. The number of ether oxygens (including phenoxy) is 1. The molecular weight excluding hydrogens is 596 g/mol. The molecule has 2 amide bonds. The Bertz CT molecular complexity index is 1640. The van der Waals surface area contributed by atoms with Gasteiger partial charge in [0.15, 0.2) is 11.0 Å². The number of amidine groups is 1. The van der Waals surface area contributed by atoms with Crippen LogP contribution < -0.4 is 15.0 Å². The first-order valence-electron chi connectivity index (χ1n) is 13.9. The summed E-state index contributed by atoms with van der Waals surface area (Å²) in [4.78, 5) is 23.3. The molecule has 1 fully saturated rings. The smallest absolute Gasteiger partial charge is 0.406 e. The predicted octanol–water partition coefficient (Wildman–Crippen LogP) is 7.52. The maximum absolute atomic E-state index is 13.9. The van der Waals surface area contributed by atoms with Gasteiger partial charge in [-0.1, -0.05) is 56.8 Å². The normalized spacial score (nSPS) is 15.2. The van der Waals surface area contributed by atoms with Crippen LogP contribution in [0.15, 0.2) is 78.0 Å². The number of carbonyl (C=O) groups excluding carboxylic acids is 1. The highest BCUT2D eigenvalue weighted by Crippen LogP contribution is 2.33. The Morgan fingerprint density at radius 1 is 1.07 bits per heavy atom. The number of halogens is 4. The van der Waals surface area contributed by atoms with E-state index in [9.17, 15) is 22.4 Å². The lowest BCUT2D eigenvalue weighted by Crippen LogP contribution is -2.30. The summed E-state index contributed by atoms with van der Waals surface area (Å²) in [6.45, 7) is 7.05. The van der Waals surface area contributed by atoms with Crippen molar-refractivity contribution in [3.05, 3.63) is 90.0 Å². The zero-order valence-electron chi connectivity index (χ0n) is 24.2. The van der Waals surface area contributed by atoms with E-state index in [1.54, 1.807) is 6.07 Å². The number of hydrogen-bond acceptors (Lipinski definition) is 5. The number of anilines is 1. The van der Waals surface area contributed by atoms with Crippen molar-refractivity contribution in [3.63, 3.8) is 0 Å². The molecule has 2 heterocycles. The Hall–Kier alpha value is -4.39. The van der Waals surface area contributed by atoms with Gasteiger partial charge in [0.2, 0.25) is 0 Å². The summed E-state index contributed by atoms with van der Waals surface area (Å²) in [7, 11) is 0. The molecule has 13 heteroatoms. The summed E-state index contributed by atoms with van der Waals surface area (Å²) in [5.41, 5.74) is 4.01. The van der Waals surface area contributed by atoms with Crippen molar-refractivity contribution in [2.45, 2.75) is 39.0 Å². The quantitative estimate of drug-likeness (QED) is 0.204. The van der Waals surface area contributed by atoms with E-state index in [1.165, 1.54) is 59.2 Å². The largest absolute Gasteiger partial charge is 0.573 e. The van der Waals surface area contributed by atoms with Gasteiger partial charge in [0.25, 0.3) is 0 Å². The molecule has 1 aliphatic rings. The molecule has 1 unspecified atom stereocenters. The summed E-state index contributed by atoms with van der Waals surface area (Å²) >= 11 is 1.49. The van der Waals surface area contributed by atoms with Gasteiger partial charge in [-0.05, 0) is 65.4 Å². The standard InChI is InChI=1S/C31H30F4N6O2S/c1-19(2)26-16-23(32)8-13-27(26)40-14-15-44-30(40)38-29(42)36-17-20(3)21-4-6-22(7-5-21)28-37-18-41(39-28)24-9-11-25(12-10-24)43-31(33,34)35/h4-13,16,18-20H,14-15,17H2,1-3H3,(H,36,42). The first-order chi connectivity index (χ1) is 21.0. The molecule has 4 aromatic rings. The van der Waals surface area contributed by atoms with Gasteiger partial charge in [-0.25, -0.2) is 18.9 Å². The summed E-state index contributed by atoms with van der Waals surface area (Å²) in [5.74, 6) is 0.723. The lowest BCUT2D eigenvalue weighted by atomic mass is 10.00. The van der Waals surface area contributed by atoms with Crippen LogP contribution in [0.1, 0.15) is 43.7 Å². The van der Waals surface area contributed by atoms with Crippen molar-refractivity contribution in [3.8, 4) is 22.8 Å². The minimum atomic E-state index is -4.76. The van der Waals surface area contributed by atoms with E-state index >= 15 is 0 Å². The van der Waals surface area contributed by atoms with Crippen LogP contribution in [0.2, 0.25) is 0 Å². The Labute approximate surface area is 256 Å². The fraction of sp³-hybridized carbons (Fsp3) is 0.290. The number of nitrogens with zero attached hydrogens (tertiary/aromatic N) is 5. The van der Waals surface area contributed by atoms with Crippen LogP contribution in [0.5, 0.6) is 5.75 Å². The monoisotopic (exact) mass is 626 g/mol. The molecule has 1 atom stereocenters. The predicted molar refractivity (Wildman–Crippen MR) is 163 cm³/mol. The van der Waals surface area contributed by atoms with Crippen molar-refractivity contribution in [2.24, 2.45) is 4.99 Å². The minimum Gasteiger partial charge on any atom is -0.406 e. The molecule has 44 heavy (non-hydrogen) atoms. The number of benzene rings is 3.